The number of methoxy groups -OCH3 is 1. The molecule has 4 aromatic rings. The summed E-state index contributed by atoms with van der Waals surface area (Å²) in [6, 6.07) is 17.8. The van der Waals surface area contributed by atoms with Crippen LogP contribution >= 0.6 is 11.3 Å². The highest BCUT2D eigenvalue weighted by atomic mass is 32.1. The van der Waals surface area contributed by atoms with Crippen molar-refractivity contribution in [2.24, 2.45) is 0 Å². The Morgan fingerprint density at radius 2 is 1.94 bits per heavy atom. The predicted molar refractivity (Wildman–Crippen MR) is 128 cm³/mol. The van der Waals surface area contributed by atoms with Crippen molar-refractivity contribution >= 4 is 39.7 Å². The van der Waals surface area contributed by atoms with Gasteiger partial charge in [-0.05, 0) is 41.6 Å². The molecule has 1 unspecified atom stereocenters. The number of aromatic nitrogens is 1. The van der Waals surface area contributed by atoms with Gasteiger partial charge in [-0.3, -0.25) is 9.59 Å². The minimum Gasteiger partial charge on any atom is -0.507 e. The van der Waals surface area contributed by atoms with Crippen LogP contribution in [0.4, 0.5) is 0 Å². The maximum Gasteiger partial charge on any atom is 0.295 e. The van der Waals surface area contributed by atoms with Crippen molar-refractivity contribution in [3.63, 3.8) is 0 Å². The van der Waals surface area contributed by atoms with Crippen LogP contribution in [-0.4, -0.2) is 40.3 Å². The summed E-state index contributed by atoms with van der Waals surface area (Å²) in [6.07, 6.45) is 2.47. The summed E-state index contributed by atoms with van der Waals surface area (Å²) in [5, 5.41) is 13.9. The molecular formula is C26H22N2O4S. The van der Waals surface area contributed by atoms with Crippen LogP contribution in [0.15, 0.2) is 77.8 Å². The van der Waals surface area contributed by atoms with Gasteiger partial charge in [0.1, 0.15) is 11.5 Å². The number of ether oxygens (including phenoxy) is 1. The van der Waals surface area contributed by atoms with Crippen molar-refractivity contribution in [3.05, 3.63) is 93.8 Å². The van der Waals surface area contributed by atoms with Crippen LogP contribution in [0.5, 0.6) is 5.75 Å². The standard InChI is InChI=1S/C26H22N2O4S/c1-32-18-9-10-20-19(14-18)17(15-27-20)11-12-28-23(21-8-5-13-33-21)22(25(30)26(28)31)24(29)16-6-3-2-4-7-16/h2-10,13-15,23,27,29H,11-12H2,1H3/b24-22-. The number of aliphatic hydroxyl groups is 1. The average Bonchev–Trinajstić information content (AvgIpc) is 3.57. The highest BCUT2D eigenvalue weighted by Crippen LogP contribution is 2.41. The van der Waals surface area contributed by atoms with Gasteiger partial charge in [0.25, 0.3) is 11.7 Å². The normalized spacial score (nSPS) is 17.7. The molecule has 0 radical (unpaired) electrons. The van der Waals surface area contributed by atoms with Gasteiger partial charge in [0.05, 0.1) is 18.7 Å². The number of hydrogen-bond acceptors (Lipinski definition) is 5. The largest absolute Gasteiger partial charge is 0.507 e. The first-order valence-corrected chi connectivity index (χ1v) is 11.5. The van der Waals surface area contributed by atoms with Crippen LogP contribution in [0.1, 0.15) is 22.0 Å². The molecule has 1 aliphatic rings. The molecule has 7 heteroatoms. The number of H-pyrrole nitrogens is 1. The summed E-state index contributed by atoms with van der Waals surface area (Å²) in [4.78, 5) is 31.8. The highest BCUT2D eigenvalue weighted by Gasteiger charge is 2.46. The van der Waals surface area contributed by atoms with Crippen molar-refractivity contribution in [1.82, 2.24) is 9.88 Å². The molecule has 166 valence electrons. The fourth-order valence-electron chi connectivity index (χ4n) is 4.34. The van der Waals surface area contributed by atoms with E-state index in [2.05, 4.69) is 4.98 Å². The van der Waals surface area contributed by atoms with E-state index >= 15 is 0 Å². The van der Waals surface area contributed by atoms with Gasteiger partial charge >= 0.3 is 0 Å². The molecule has 5 rings (SSSR count). The average molecular weight is 459 g/mol. The van der Waals surface area contributed by atoms with Crippen LogP contribution < -0.4 is 4.74 Å². The van der Waals surface area contributed by atoms with Crippen molar-refractivity contribution in [3.8, 4) is 5.75 Å². The number of ketones is 1. The lowest BCUT2D eigenvalue weighted by molar-refractivity contribution is -0.139. The minimum atomic E-state index is -0.657. The van der Waals surface area contributed by atoms with Gasteiger partial charge in [-0.2, -0.15) is 0 Å². The molecule has 1 saturated heterocycles. The maximum atomic E-state index is 13.1. The Hall–Kier alpha value is -3.84. The second-order valence-electron chi connectivity index (χ2n) is 7.85. The maximum absolute atomic E-state index is 13.1. The number of Topliss-reactive ketones (excluding diaryl/α,β-unsaturated/α-hetero) is 1. The third-order valence-corrected chi connectivity index (χ3v) is 6.92. The number of nitrogens with one attached hydrogen (secondary N) is 1. The second-order valence-corrected chi connectivity index (χ2v) is 8.83. The van der Waals surface area contributed by atoms with Crippen LogP contribution in [0.2, 0.25) is 0 Å². The first kappa shape index (κ1) is 21.0. The summed E-state index contributed by atoms with van der Waals surface area (Å²) in [7, 11) is 1.63. The number of aliphatic hydroxyl groups excluding tert-OH is 1. The van der Waals surface area contributed by atoms with Crippen LogP contribution in [0.25, 0.3) is 16.7 Å². The number of carbonyl (C=O) groups is 2. The Morgan fingerprint density at radius 1 is 1.12 bits per heavy atom. The summed E-state index contributed by atoms with van der Waals surface area (Å²) >= 11 is 1.46. The third-order valence-electron chi connectivity index (χ3n) is 6.00. The van der Waals surface area contributed by atoms with Gasteiger partial charge < -0.3 is 19.7 Å². The number of nitrogens with zero attached hydrogens (tertiary/aromatic N) is 1. The topological polar surface area (TPSA) is 82.6 Å². The zero-order valence-corrected chi connectivity index (χ0v) is 18.8. The second kappa shape index (κ2) is 8.60. The van der Waals surface area contributed by atoms with Gasteiger partial charge in [-0.1, -0.05) is 36.4 Å². The van der Waals surface area contributed by atoms with Crippen LogP contribution in [0, 0.1) is 0 Å². The van der Waals surface area contributed by atoms with Gasteiger partial charge in [0.15, 0.2) is 0 Å². The molecule has 33 heavy (non-hydrogen) atoms. The molecule has 0 spiro atoms. The SMILES string of the molecule is COc1ccc2[nH]cc(CCN3C(=O)C(=O)/C(=C(\O)c4ccccc4)C3c3cccs3)c2c1. The van der Waals surface area contributed by atoms with E-state index < -0.39 is 17.7 Å². The fourth-order valence-corrected chi connectivity index (χ4v) is 5.18. The number of fused-ring (bicyclic) bond motifs is 1. The van der Waals surface area contributed by atoms with E-state index in [1.54, 1.807) is 36.3 Å². The molecular weight excluding hydrogens is 436 g/mol. The first-order chi connectivity index (χ1) is 16.1. The van der Waals surface area contributed by atoms with E-state index in [0.717, 1.165) is 27.1 Å². The van der Waals surface area contributed by atoms with E-state index in [9.17, 15) is 14.7 Å². The zero-order valence-electron chi connectivity index (χ0n) is 17.9. The van der Waals surface area contributed by atoms with E-state index in [4.69, 9.17) is 4.74 Å². The molecule has 0 aliphatic carbocycles. The smallest absolute Gasteiger partial charge is 0.295 e. The van der Waals surface area contributed by atoms with Crippen molar-refractivity contribution < 1.29 is 19.4 Å². The Kier molecular flexibility index (Phi) is 5.48. The van der Waals surface area contributed by atoms with E-state index in [1.165, 1.54) is 11.3 Å². The number of rotatable bonds is 6. The quantitative estimate of drug-likeness (QED) is 0.245. The van der Waals surface area contributed by atoms with Gasteiger partial charge in [0, 0.05) is 34.1 Å². The lowest BCUT2D eigenvalue weighted by Gasteiger charge is -2.24. The lowest BCUT2D eigenvalue weighted by Crippen LogP contribution is -2.31. The molecule has 0 saturated carbocycles. The van der Waals surface area contributed by atoms with Crippen LogP contribution in [-0.2, 0) is 16.0 Å². The molecule has 0 bridgehead atoms. The Labute approximate surface area is 194 Å². The van der Waals surface area contributed by atoms with E-state index in [0.29, 0.717) is 18.5 Å². The van der Waals surface area contributed by atoms with E-state index in [-0.39, 0.29) is 11.3 Å². The zero-order chi connectivity index (χ0) is 22.9. The highest BCUT2D eigenvalue weighted by molar-refractivity contribution is 7.10. The lowest BCUT2D eigenvalue weighted by atomic mass is 10.00. The summed E-state index contributed by atoms with van der Waals surface area (Å²) in [6.45, 7) is 0.336. The Morgan fingerprint density at radius 3 is 2.67 bits per heavy atom. The molecule has 2 N–H and O–H groups in total. The number of hydrogen-bond donors (Lipinski definition) is 2. The summed E-state index contributed by atoms with van der Waals surface area (Å²) in [5.41, 5.74) is 2.65. The number of carbonyl (C=O) groups excluding carboxylic acids is 2. The van der Waals surface area contributed by atoms with Crippen molar-refractivity contribution in [1.29, 1.82) is 0 Å². The fraction of sp³-hybridized carbons (Fsp3) is 0.154. The first-order valence-electron chi connectivity index (χ1n) is 10.6. The molecule has 1 atom stereocenters. The van der Waals surface area contributed by atoms with Crippen LogP contribution in [0.3, 0.4) is 0 Å². The Balaban J connectivity index is 1.52. The number of likely N-dealkylation sites (tertiary alicyclic amines) is 1. The summed E-state index contributed by atoms with van der Waals surface area (Å²) < 4.78 is 5.35. The number of thiophene rings is 1. The van der Waals surface area contributed by atoms with Gasteiger partial charge in [0.2, 0.25) is 0 Å². The van der Waals surface area contributed by atoms with Gasteiger partial charge in [-0.15, -0.1) is 11.3 Å². The molecule has 2 aromatic carbocycles. The third kappa shape index (κ3) is 3.70. The van der Waals surface area contributed by atoms with Crippen molar-refractivity contribution in [2.75, 3.05) is 13.7 Å². The number of benzene rings is 2. The molecule has 1 amide bonds. The predicted octanol–water partition coefficient (Wildman–Crippen LogP) is 4.90. The number of aromatic amines is 1. The number of amides is 1. The molecule has 3 heterocycles. The Bertz CT molecular complexity index is 1360. The molecule has 6 nitrogen and oxygen atoms in total. The molecule has 1 fully saturated rings. The molecule has 1 aliphatic heterocycles. The van der Waals surface area contributed by atoms with E-state index in [1.807, 2.05) is 48.0 Å². The van der Waals surface area contributed by atoms with Crippen molar-refractivity contribution in [2.45, 2.75) is 12.5 Å². The summed E-state index contributed by atoms with van der Waals surface area (Å²) in [5.74, 6) is -0.643. The minimum absolute atomic E-state index is 0.134. The monoisotopic (exact) mass is 458 g/mol. The molecule has 2 aromatic heterocycles. The van der Waals surface area contributed by atoms with Gasteiger partial charge in [-0.25, -0.2) is 0 Å².